The second kappa shape index (κ2) is 9.44. The van der Waals surface area contributed by atoms with E-state index in [9.17, 15) is 18.0 Å². The first-order valence-electron chi connectivity index (χ1n) is 12.0. The van der Waals surface area contributed by atoms with Gasteiger partial charge in [-0.2, -0.15) is 8.42 Å². The first kappa shape index (κ1) is 23.9. The Hall–Kier alpha value is -4.47. The summed E-state index contributed by atoms with van der Waals surface area (Å²) < 4.78 is 30.6. The molecule has 0 saturated carbocycles. The van der Waals surface area contributed by atoms with E-state index in [2.05, 4.69) is 0 Å². The molecule has 0 bridgehead atoms. The molecule has 2 saturated heterocycles. The van der Waals surface area contributed by atoms with Gasteiger partial charge in [0.25, 0.3) is 5.91 Å². The predicted molar refractivity (Wildman–Crippen MR) is 140 cm³/mol. The Morgan fingerprint density at radius 1 is 0.658 bits per heavy atom. The van der Waals surface area contributed by atoms with Gasteiger partial charge in [-0.25, -0.2) is 9.96 Å². The van der Waals surface area contributed by atoms with Crippen molar-refractivity contribution in [1.29, 1.82) is 0 Å². The Kier molecular flexibility index (Phi) is 5.94. The van der Waals surface area contributed by atoms with Crippen LogP contribution in [-0.4, -0.2) is 26.3 Å². The number of hydrogen-bond donors (Lipinski definition) is 0. The van der Waals surface area contributed by atoms with Gasteiger partial charge >= 0.3 is 10.1 Å². The smallest absolute Gasteiger partial charge is 0.339 e. The van der Waals surface area contributed by atoms with Crippen molar-refractivity contribution >= 4 is 33.3 Å². The van der Waals surface area contributed by atoms with Crippen LogP contribution in [0.1, 0.15) is 11.6 Å². The van der Waals surface area contributed by atoms with Crippen molar-refractivity contribution < 1.29 is 27.0 Å². The molecule has 0 radical (unpaired) electrons. The molecule has 0 unspecified atom stereocenters. The summed E-state index contributed by atoms with van der Waals surface area (Å²) in [4.78, 5) is 34.4. The monoisotopic (exact) mass is 526 g/mol. The Morgan fingerprint density at radius 3 is 1.82 bits per heavy atom. The number of benzene rings is 4. The van der Waals surface area contributed by atoms with Crippen LogP contribution < -0.4 is 14.1 Å². The highest BCUT2D eigenvalue weighted by atomic mass is 32.2. The molecule has 4 aromatic carbocycles. The van der Waals surface area contributed by atoms with E-state index in [1.165, 1.54) is 29.2 Å². The maximum Gasteiger partial charge on any atom is 0.339 e. The summed E-state index contributed by atoms with van der Waals surface area (Å²) in [6.07, 6.45) is -0.998. The van der Waals surface area contributed by atoms with Crippen molar-refractivity contribution in [2.24, 2.45) is 5.92 Å². The van der Waals surface area contributed by atoms with Crippen LogP contribution in [0.2, 0.25) is 0 Å². The van der Waals surface area contributed by atoms with Crippen molar-refractivity contribution in [2.45, 2.75) is 17.0 Å². The van der Waals surface area contributed by atoms with Gasteiger partial charge < -0.3 is 4.18 Å². The van der Waals surface area contributed by atoms with Gasteiger partial charge in [-0.1, -0.05) is 66.7 Å². The third-order valence-corrected chi connectivity index (χ3v) is 7.86. The fourth-order valence-corrected chi connectivity index (χ4v) is 5.82. The van der Waals surface area contributed by atoms with Gasteiger partial charge in [0, 0.05) is 0 Å². The lowest BCUT2D eigenvalue weighted by atomic mass is 9.90. The Labute approximate surface area is 219 Å². The number of carbonyl (C=O) groups excluding carboxylic acids is 2. The number of para-hydroxylation sites is 2. The number of imide groups is 1. The van der Waals surface area contributed by atoms with E-state index in [1.807, 2.05) is 36.4 Å². The van der Waals surface area contributed by atoms with E-state index in [0.29, 0.717) is 16.9 Å². The lowest BCUT2D eigenvalue weighted by Crippen LogP contribution is -2.37. The number of anilines is 2. The van der Waals surface area contributed by atoms with Gasteiger partial charge in [0.15, 0.2) is 6.10 Å². The van der Waals surface area contributed by atoms with Crippen LogP contribution in [0.5, 0.6) is 5.75 Å². The Balaban J connectivity index is 1.34. The minimum absolute atomic E-state index is 0.0439. The Bertz CT molecular complexity index is 1580. The molecule has 3 atom stereocenters. The highest BCUT2D eigenvalue weighted by molar-refractivity contribution is 7.87. The SMILES string of the molecule is O=C1[C@H]2[C@H](ON(c3ccccc3)[C@@H]2c2ccc(OS(=O)(=O)c3ccccc3)cc2)C(=O)N1c1ccccc1. The summed E-state index contributed by atoms with van der Waals surface area (Å²) in [5.41, 5.74) is 1.84. The fraction of sp³-hybridized carbons (Fsp3) is 0.103. The molecule has 6 rings (SSSR count). The molecule has 2 amide bonds. The molecule has 4 aromatic rings. The minimum atomic E-state index is -4.01. The molecule has 8 nitrogen and oxygen atoms in total. The maximum absolute atomic E-state index is 13.7. The van der Waals surface area contributed by atoms with E-state index in [4.69, 9.17) is 9.02 Å². The summed E-state index contributed by atoms with van der Waals surface area (Å²) in [5.74, 6) is -1.47. The normalized spacial score (nSPS) is 21.0. The topological polar surface area (TPSA) is 93.2 Å². The van der Waals surface area contributed by atoms with Crippen LogP contribution in [0, 0.1) is 5.92 Å². The molecule has 2 aliphatic rings. The minimum Gasteiger partial charge on any atom is -0.379 e. The molecule has 2 fully saturated rings. The van der Waals surface area contributed by atoms with Crippen molar-refractivity contribution in [3.8, 4) is 5.75 Å². The second-order valence-corrected chi connectivity index (χ2v) is 10.5. The maximum atomic E-state index is 13.7. The number of fused-ring (bicyclic) bond motifs is 1. The standard InChI is InChI=1S/C29H22N2O6S/c32-28-25-26(20-16-18-23(19-17-20)37-38(34,35)24-14-8-3-9-15-24)31(22-12-6-2-7-13-22)36-27(25)29(33)30(28)21-10-4-1-5-11-21/h1-19,25-27H/t25-,26-,27+/m1/s1. The number of nitrogens with zero attached hydrogens (tertiary/aromatic N) is 2. The number of hydroxylamine groups is 1. The number of hydrogen-bond acceptors (Lipinski definition) is 7. The van der Waals surface area contributed by atoms with Crippen LogP contribution in [-0.2, 0) is 24.5 Å². The summed E-state index contributed by atoms with van der Waals surface area (Å²) in [5, 5.41) is 1.59. The number of amides is 2. The van der Waals surface area contributed by atoms with Gasteiger partial charge in [-0.05, 0) is 54.1 Å². The number of rotatable bonds is 6. The Morgan fingerprint density at radius 2 is 1.21 bits per heavy atom. The van der Waals surface area contributed by atoms with Crippen LogP contribution in [0.4, 0.5) is 11.4 Å². The van der Waals surface area contributed by atoms with E-state index in [0.717, 1.165) is 0 Å². The molecular weight excluding hydrogens is 504 g/mol. The highest BCUT2D eigenvalue weighted by Gasteiger charge is 2.60. The lowest BCUT2D eigenvalue weighted by Gasteiger charge is -2.28. The van der Waals surface area contributed by atoms with Gasteiger partial charge in [-0.15, -0.1) is 0 Å². The zero-order chi connectivity index (χ0) is 26.3. The van der Waals surface area contributed by atoms with E-state index < -0.39 is 34.1 Å². The van der Waals surface area contributed by atoms with Crippen molar-refractivity contribution in [1.82, 2.24) is 0 Å². The first-order chi connectivity index (χ1) is 18.4. The summed E-state index contributed by atoms with van der Waals surface area (Å²) in [6.45, 7) is 0. The van der Waals surface area contributed by atoms with E-state index >= 15 is 0 Å². The van der Waals surface area contributed by atoms with Gasteiger partial charge in [0.05, 0.1) is 17.4 Å². The largest absolute Gasteiger partial charge is 0.379 e. The highest BCUT2D eigenvalue weighted by Crippen LogP contribution is 2.47. The number of carbonyl (C=O) groups is 2. The quantitative estimate of drug-likeness (QED) is 0.270. The third-order valence-electron chi connectivity index (χ3n) is 6.60. The predicted octanol–water partition coefficient (Wildman–Crippen LogP) is 4.51. The molecule has 0 aromatic heterocycles. The second-order valence-electron chi connectivity index (χ2n) is 8.92. The average molecular weight is 527 g/mol. The molecule has 0 N–H and O–H groups in total. The van der Waals surface area contributed by atoms with Gasteiger partial charge in [0.2, 0.25) is 5.91 Å². The summed E-state index contributed by atoms with van der Waals surface area (Å²) in [6, 6.07) is 31.6. The molecular formula is C29H22N2O6S. The summed E-state index contributed by atoms with van der Waals surface area (Å²) in [7, 11) is -4.01. The van der Waals surface area contributed by atoms with Crippen LogP contribution in [0.3, 0.4) is 0 Å². The third kappa shape index (κ3) is 4.11. The zero-order valence-electron chi connectivity index (χ0n) is 20.0. The van der Waals surface area contributed by atoms with E-state index in [1.54, 1.807) is 59.7 Å². The van der Waals surface area contributed by atoms with Crippen LogP contribution >= 0.6 is 0 Å². The molecule has 9 heteroatoms. The van der Waals surface area contributed by atoms with E-state index in [-0.39, 0.29) is 16.6 Å². The van der Waals surface area contributed by atoms with Gasteiger partial charge in [0.1, 0.15) is 16.6 Å². The first-order valence-corrected chi connectivity index (χ1v) is 13.4. The van der Waals surface area contributed by atoms with Crippen molar-refractivity contribution in [3.05, 3.63) is 121 Å². The average Bonchev–Trinajstić information content (AvgIpc) is 3.46. The molecule has 2 heterocycles. The molecule has 190 valence electrons. The molecule has 0 spiro atoms. The zero-order valence-corrected chi connectivity index (χ0v) is 20.8. The van der Waals surface area contributed by atoms with Crippen molar-refractivity contribution in [3.63, 3.8) is 0 Å². The van der Waals surface area contributed by atoms with Crippen LogP contribution in [0.15, 0.2) is 120 Å². The fourth-order valence-electron chi connectivity index (χ4n) is 4.87. The van der Waals surface area contributed by atoms with Crippen molar-refractivity contribution in [2.75, 3.05) is 9.96 Å². The molecule has 2 aliphatic heterocycles. The van der Waals surface area contributed by atoms with Gasteiger partial charge in [-0.3, -0.25) is 14.4 Å². The lowest BCUT2D eigenvalue weighted by molar-refractivity contribution is -0.126. The molecule has 38 heavy (non-hydrogen) atoms. The van der Waals surface area contributed by atoms with Crippen LogP contribution in [0.25, 0.3) is 0 Å². The molecule has 0 aliphatic carbocycles. The summed E-state index contributed by atoms with van der Waals surface area (Å²) >= 11 is 0.